The van der Waals surface area contributed by atoms with E-state index < -0.39 is 11.9 Å². The zero-order valence-electron chi connectivity index (χ0n) is 15.2. The van der Waals surface area contributed by atoms with Crippen LogP contribution in [0.4, 0.5) is 0 Å². The van der Waals surface area contributed by atoms with Gasteiger partial charge in [0.05, 0.1) is 11.8 Å². The summed E-state index contributed by atoms with van der Waals surface area (Å²) in [5.74, 6) is -1.54. The average Bonchev–Trinajstić information content (AvgIpc) is 3.25. The highest BCUT2D eigenvalue weighted by Gasteiger charge is 2.52. The van der Waals surface area contributed by atoms with Crippen LogP contribution in [-0.2, 0) is 16.1 Å². The van der Waals surface area contributed by atoms with Crippen LogP contribution < -0.4 is 0 Å². The molecule has 4 atom stereocenters. The van der Waals surface area contributed by atoms with Crippen molar-refractivity contribution in [2.45, 2.75) is 19.9 Å². The topological polar surface area (TPSA) is 60.9 Å². The quantitative estimate of drug-likeness (QED) is 0.842. The summed E-state index contributed by atoms with van der Waals surface area (Å²) in [4.78, 5) is 28.9. The minimum absolute atomic E-state index is 0.0364. The molecular weight excluding hydrogens is 328 g/mol. The van der Waals surface area contributed by atoms with Gasteiger partial charge >= 0.3 is 5.97 Å². The lowest BCUT2D eigenvalue weighted by Crippen LogP contribution is -2.52. The van der Waals surface area contributed by atoms with E-state index in [0.717, 1.165) is 26.1 Å². The zero-order valence-corrected chi connectivity index (χ0v) is 15.2. The highest BCUT2D eigenvalue weighted by atomic mass is 16.4. The van der Waals surface area contributed by atoms with Gasteiger partial charge in [-0.2, -0.15) is 0 Å². The number of aliphatic carboxylic acids is 1. The van der Waals surface area contributed by atoms with Crippen LogP contribution in [0.15, 0.2) is 36.4 Å². The number of carboxylic acids is 1. The lowest BCUT2D eigenvalue weighted by Gasteiger charge is -2.37. The van der Waals surface area contributed by atoms with Gasteiger partial charge in [-0.15, -0.1) is 0 Å². The fraction of sp³-hybridized carbons (Fsp3) is 0.524. The first-order chi connectivity index (χ1) is 12.5. The molecule has 1 saturated carbocycles. The van der Waals surface area contributed by atoms with Gasteiger partial charge in [0.25, 0.3) is 0 Å². The molecule has 138 valence electrons. The number of nitrogens with zero attached hydrogens (tertiary/aromatic N) is 2. The first kappa shape index (κ1) is 17.3. The molecule has 0 aromatic heterocycles. The third-order valence-corrected chi connectivity index (χ3v) is 6.24. The molecule has 1 amide bonds. The molecule has 2 fully saturated rings. The zero-order chi connectivity index (χ0) is 18.3. The Kier molecular flexibility index (Phi) is 4.57. The van der Waals surface area contributed by atoms with Gasteiger partial charge in [-0.05, 0) is 30.7 Å². The van der Waals surface area contributed by atoms with Crippen LogP contribution >= 0.6 is 0 Å². The van der Waals surface area contributed by atoms with Gasteiger partial charge in [-0.25, -0.2) is 0 Å². The van der Waals surface area contributed by atoms with Crippen LogP contribution in [0.25, 0.3) is 0 Å². The Morgan fingerprint density at radius 2 is 1.62 bits per heavy atom. The van der Waals surface area contributed by atoms with Crippen LogP contribution in [0.2, 0.25) is 0 Å². The molecule has 3 aliphatic rings. The van der Waals surface area contributed by atoms with Gasteiger partial charge in [-0.3, -0.25) is 14.5 Å². The van der Waals surface area contributed by atoms with Gasteiger partial charge < -0.3 is 10.0 Å². The molecular formula is C21H26N2O3. The third kappa shape index (κ3) is 3.16. The number of hydrogen-bond donors (Lipinski definition) is 1. The van der Waals surface area contributed by atoms with Crippen molar-refractivity contribution in [3.8, 4) is 0 Å². The van der Waals surface area contributed by atoms with E-state index in [-0.39, 0.29) is 23.7 Å². The molecule has 26 heavy (non-hydrogen) atoms. The van der Waals surface area contributed by atoms with Crippen molar-refractivity contribution < 1.29 is 14.7 Å². The normalized spacial score (nSPS) is 30.7. The molecule has 2 bridgehead atoms. The van der Waals surface area contributed by atoms with E-state index in [9.17, 15) is 14.7 Å². The maximum atomic E-state index is 13.0. The standard InChI is InChI=1S/C21H26N2O3/c1-14-2-4-15(5-3-14)13-22-8-10-23(11-9-22)20(24)18-16-6-7-17(12-16)19(18)21(25)26/h2-7,16-19H,8-13H2,1H3,(H,25,26)/t16-,17-,18-,19+/m0/s1. The van der Waals surface area contributed by atoms with Crippen molar-refractivity contribution >= 4 is 11.9 Å². The van der Waals surface area contributed by atoms with Gasteiger partial charge in [0.15, 0.2) is 0 Å². The summed E-state index contributed by atoms with van der Waals surface area (Å²) in [5, 5.41) is 9.57. The number of fused-ring (bicyclic) bond motifs is 2. The summed E-state index contributed by atoms with van der Waals surface area (Å²) in [6.45, 7) is 6.05. The Balaban J connectivity index is 1.36. The number of benzene rings is 1. The molecule has 4 rings (SSSR count). The fourth-order valence-corrected chi connectivity index (χ4v) is 4.78. The van der Waals surface area contributed by atoms with E-state index in [4.69, 9.17) is 0 Å². The van der Waals surface area contributed by atoms with E-state index in [1.165, 1.54) is 11.1 Å². The van der Waals surface area contributed by atoms with Gasteiger partial charge in [0.2, 0.25) is 5.91 Å². The molecule has 0 radical (unpaired) electrons. The second-order valence-corrected chi connectivity index (χ2v) is 7.93. The third-order valence-electron chi connectivity index (χ3n) is 6.24. The van der Waals surface area contributed by atoms with Crippen molar-refractivity contribution in [3.63, 3.8) is 0 Å². The van der Waals surface area contributed by atoms with Crippen molar-refractivity contribution in [1.29, 1.82) is 0 Å². The van der Waals surface area contributed by atoms with Crippen LogP contribution in [0.1, 0.15) is 17.5 Å². The summed E-state index contributed by atoms with van der Waals surface area (Å²) >= 11 is 0. The highest BCUT2D eigenvalue weighted by molar-refractivity contribution is 5.87. The largest absolute Gasteiger partial charge is 0.481 e. The van der Waals surface area contributed by atoms with Gasteiger partial charge in [0.1, 0.15) is 0 Å². The Labute approximate surface area is 154 Å². The predicted molar refractivity (Wildman–Crippen MR) is 98.4 cm³/mol. The molecule has 5 heteroatoms. The van der Waals surface area contributed by atoms with E-state index in [1.54, 1.807) is 0 Å². The van der Waals surface area contributed by atoms with E-state index in [1.807, 2.05) is 11.0 Å². The first-order valence-corrected chi connectivity index (χ1v) is 9.51. The average molecular weight is 354 g/mol. The number of amides is 1. The number of carbonyl (C=O) groups is 2. The second kappa shape index (κ2) is 6.88. The van der Waals surface area contributed by atoms with Crippen LogP contribution in [0, 0.1) is 30.6 Å². The number of carbonyl (C=O) groups excluding carboxylic acids is 1. The second-order valence-electron chi connectivity index (χ2n) is 7.93. The number of hydrogen-bond acceptors (Lipinski definition) is 3. The van der Waals surface area contributed by atoms with Crippen LogP contribution in [0.5, 0.6) is 0 Å². The Bertz CT molecular complexity index is 719. The molecule has 5 nitrogen and oxygen atoms in total. The van der Waals surface area contributed by atoms with Crippen LogP contribution in [-0.4, -0.2) is 53.0 Å². The maximum absolute atomic E-state index is 13.0. The maximum Gasteiger partial charge on any atom is 0.307 e. The summed E-state index contributed by atoms with van der Waals surface area (Å²) < 4.78 is 0. The molecule has 1 aromatic rings. The number of piperazine rings is 1. The number of carboxylic acid groups (broad SMARTS) is 1. The number of rotatable bonds is 4. The highest BCUT2D eigenvalue weighted by Crippen LogP contribution is 2.48. The van der Waals surface area contributed by atoms with E-state index >= 15 is 0 Å². The van der Waals surface area contributed by atoms with E-state index in [0.29, 0.717) is 13.1 Å². The molecule has 1 saturated heterocycles. The molecule has 1 N–H and O–H groups in total. The molecule has 0 unspecified atom stereocenters. The lowest BCUT2D eigenvalue weighted by molar-refractivity contribution is -0.151. The molecule has 1 aliphatic heterocycles. The first-order valence-electron chi connectivity index (χ1n) is 9.51. The van der Waals surface area contributed by atoms with Gasteiger partial charge in [-0.1, -0.05) is 42.0 Å². The summed E-state index contributed by atoms with van der Waals surface area (Å²) in [6.07, 6.45) is 4.87. The van der Waals surface area contributed by atoms with Crippen molar-refractivity contribution in [3.05, 3.63) is 47.5 Å². The summed E-state index contributed by atoms with van der Waals surface area (Å²) in [6, 6.07) is 8.57. The van der Waals surface area contributed by atoms with E-state index in [2.05, 4.69) is 42.2 Å². The number of allylic oxidation sites excluding steroid dienone is 2. The van der Waals surface area contributed by atoms with Crippen LogP contribution in [0.3, 0.4) is 0 Å². The fourth-order valence-electron chi connectivity index (χ4n) is 4.78. The Morgan fingerprint density at radius 3 is 2.23 bits per heavy atom. The molecule has 1 aromatic carbocycles. The molecule has 0 spiro atoms. The smallest absolute Gasteiger partial charge is 0.307 e. The summed E-state index contributed by atoms with van der Waals surface area (Å²) in [7, 11) is 0. The Morgan fingerprint density at radius 1 is 1.00 bits per heavy atom. The number of aryl methyl sites for hydroxylation is 1. The lowest BCUT2D eigenvalue weighted by atomic mass is 9.82. The SMILES string of the molecule is Cc1ccc(CN2CCN(C(=O)[C@@H]3[C@H](C(=O)O)[C@H]4C=C[C@H]3C4)CC2)cc1. The predicted octanol–water partition coefficient (Wildman–Crippen LogP) is 2.16. The Hall–Kier alpha value is -2.14. The molecule has 1 heterocycles. The van der Waals surface area contributed by atoms with Crippen molar-refractivity contribution in [2.75, 3.05) is 26.2 Å². The monoisotopic (exact) mass is 354 g/mol. The minimum Gasteiger partial charge on any atom is -0.481 e. The minimum atomic E-state index is -0.821. The summed E-state index contributed by atoms with van der Waals surface area (Å²) in [5.41, 5.74) is 2.55. The van der Waals surface area contributed by atoms with Crippen molar-refractivity contribution in [1.82, 2.24) is 9.80 Å². The van der Waals surface area contributed by atoms with Crippen molar-refractivity contribution in [2.24, 2.45) is 23.7 Å². The van der Waals surface area contributed by atoms with Gasteiger partial charge in [0, 0.05) is 32.7 Å². The molecule has 2 aliphatic carbocycles.